The molecule has 0 radical (unpaired) electrons. The number of nitrogens with zero attached hydrogens (tertiary/aromatic N) is 1. The van der Waals surface area contributed by atoms with E-state index in [1.54, 1.807) is 11.3 Å². The van der Waals surface area contributed by atoms with Gasteiger partial charge in [-0.2, -0.15) is 0 Å². The second-order valence-corrected chi connectivity index (χ2v) is 6.85. The number of thiazole rings is 1. The van der Waals surface area contributed by atoms with Gasteiger partial charge in [0, 0.05) is 30.1 Å². The monoisotopic (exact) mass is 338 g/mol. The number of nitrogens with one attached hydrogen (secondary N) is 3. The van der Waals surface area contributed by atoms with E-state index in [0.29, 0.717) is 13.1 Å². The van der Waals surface area contributed by atoms with Gasteiger partial charge in [0.1, 0.15) is 5.01 Å². The van der Waals surface area contributed by atoms with Crippen LogP contribution < -0.4 is 16.0 Å². The number of hydrogen-bond acceptors (Lipinski definition) is 4. The number of rotatable bonds is 7. The lowest BCUT2D eigenvalue weighted by Crippen LogP contribution is -2.42. The van der Waals surface area contributed by atoms with Gasteiger partial charge >= 0.3 is 6.03 Å². The number of aryl methyl sites for hydroxylation is 1. The molecule has 1 heterocycles. The van der Waals surface area contributed by atoms with Crippen molar-refractivity contribution in [1.29, 1.82) is 0 Å². The van der Waals surface area contributed by atoms with Crippen LogP contribution in [0.3, 0.4) is 0 Å². The predicted octanol–water partition coefficient (Wildman–Crippen LogP) is 2.51. The van der Waals surface area contributed by atoms with Crippen LogP contribution in [0.5, 0.6) is 0 Å². The molecule has 6 nitrogen and oxygen atoms in total. The molecular weight excluding hydrogens is 312 g/mol. The van der Waals surface area contributed by atoms with Gasteiger partial charge in [-0.05, 0) is 26.2 Å². The fraction of sp³-hybridized carbons (Fsp3) is 0.688. The van der Waals surface area contributed by atoms with Gasteiger partial charge in [-0.25, -0.2) is 9.78 Å². The van der Waals surface area contributed by atoms with E-state index < -0.39 is 0 Å². The average Bonchev–Trinajstić information content (AvgIpc) is 3.20. The van der Waals surface area contributed by atoms with E-state index >= 15 is 0 Å². The third-order valence-corrected chi connectivity index (χ3v) is 5.16. The summed E-state index contributed by atoms with van der Waals surface area (Å²) in [7, 11) is 0. The molecule has 0 aliphatic heterocycles. The molecule has 128 valence electrons. The third kappa shape index (κ3) is 5.49. The predicted molar refractivity (Wildman–Crippen MR) is 91.4 cm³/mol. The van der Waals surface area contributed by atoms with E-state index in [0.717, 1.165) is 42.8 Å². The quantitative estimate of drug-likeness (QED) is 0.668. The van der Waals surface area contributed by atoms with Crippen LogP contribution in [0.1, 0.15) is 55.8 Å². The maximum absolute atomic E-state index is 11.9. The molecule has 0 spiro atoms. The van der Waals surface area contributed by atoms with Crippen molar-refractivity contribution < 1.29 is 9.59 Å². The van der Waals surface area contributed by atoms with Crippen LogP contribution in [0, 0.1) is 12.8 Å². The van der Waals surface area contributed by atoms with E-state index in [9.17, 15) is 9.59 Å². The largest absolute Gasteiger partial charge is 0.354 e. The van der Waals surface area contributed by atoms with Gasteiger partial charge in [0.25, 0.3) is 0 Å². The zero-order valence-electron chi connectivity index (χ0n) is 13.9. The van der Waals surface area contributed by atoms with Crippen molar-refractivity contribution >= 4 is 23.3 Å². The lowest BCUT2D eigenvalue weighted by atomic mass is 10.1. The number of hydrogen-bond donors (Lipinski definition) is 3. The van der Waals surface area contributed by atoms with Crippen molar-refractivity contribution in [3.8, 4) is 0 Å². The molecule has 2 rings (SSSR count). The van der Waals surface area contributed by atoms with Crippen LogP contribution in [-0.4, -0.2) is 30.0 Å². The first-order valence-electron chi connectivity index (χ1n) is 8.34. The number of carbonyl (C=O) groups is 2. The topological polar surface area (TPSA) is 83.1 Å². The van der Waals surface area contributed by atoms with Crippen LogP contribution in [0.2, 0.25) is 0 Å². The molecule has 1 aromatic rings. The van der Waals surface area contributed by atoms with E-state index in [1.165, 1.54) is 0 Å². The molecule has 0 bridgehead atoms. The highest BCUT2D eigenvalue weighted by Gasteiger charge is 2.22. The molecule has 1 atom stereocenters. The first-order chi connectivity index (χ1) is 11.1. The smallest absolute Gasteiger partial charge is 0.315 e. The number of amides is 3. The lowest BCUT2D eigenvalue weighted by Gasteiger charge is -2.15. The molecule has 1 fully saturated rings. The highest BCUT2D eigenvalue weighted by molar-refractivity contribution is 7.09. The molecule has 1 aliphatic carbocycles. The van der Waals surface area contributed by atoms with Crippen LogP contribution in [0.15, 0.2) is 5.38 Å². The van der Waals surface area contributed by atoms with Gasteiger partial charge in [-0.3, -0.25) is 4.79 Å². The standard InChI is InChI=1S/C16H26N4O2S/c1-3-13(15-19-11(2)10-23-15)20-16(22)18-9-8-17-14(21)12-6-4-5-7-12/h10,12-13H,3-9H2,1-2H3,(H,17,21)(H2,18,20,22). The average molecular weight is 338 g/mol. The van der Waals surface area contributed by atoms with E-state index in [2.05, 4.69) is 20.9 Å². The first kappa shape index (κ1) is 17.7. The van der Waals surface area contributed by atoms with Gasteiger partial charge in [0.05, 0.1) is 6.04 Å². The Hall–Kier alpha value is -1.63. The summed E-state index contributed by atoms with van der Waals surface area (Å²) >= 11 is 1.56. The summed E-state index contributed by atoms with van der Waals surface area (Å²) in [6.07, 6.45) is 5.07. The molecule has 0 saturated heterocycles. The second-order valence-electron chi connectivity index (χ2n) is 5.96. The van der Waals surface area contributed by atoms with Gasteiger partial charge in [0.2, 0.25) is 5.91 Å². The van der Waals surface area contributed by atoms with Crippen molar-refractivity contribution in [1.82, 2.24) is 20.9 Å². The lowest BCUT2D eigenvalue weighted by molar-refractivity contribution is -0.124. The van der Waals surface area contributed by atoms with Gasteiger partial charge < -0.3 is 16.0 Å². The molecule has 23 heavy (non-hydrogen) atoms. The minimum Gasteiger partial charge on any atom is -0.354 e. The second kappa shape index (κ2) is 8.86. The van der Waals surface area contributed by atoms with Gasteiger partial charge in [-0.1, -0.05) is 19.8 Å². The van der Waals surface area contributed by atoms with Crippen molar-refractivity contribution in [3.05, 3.63) is 16.1 Å². The number of aromatic nitrogens is 1. The summed E-state index contributed by atoms with van der Waals surface area (Å²) in [4.78, 5) is 28.2. The van der Waals surface area contributed by atoms with Crippen LogP contribution in [0.25, 0.3) is 0 Å². The zero-order chi connectivity index (χ0) is 16.7. The van der Waals surface area contributed by atoms with Crippen molar-refractivity contribution in [3.63, 3.8) is 0 Å². The summed E-state index contributed by atoms with van der Waals surface area (Å²) in [6.45, 7) is 4.86. The highest BCUT2D eigenvalue weighted by Crippen LogP contribution is 2.24. The molecular formula is C16H26N4O2S. The summed E-state index contributed by atoms with van der Waals surface area (Å²) in [5.74, 6) is 0.288. The van der Waals surface area contributed by atoms with Crippen LogP contribution >= 0.6 is 11.3 Å². The summed E-state index contributed by atoms with van der Waals surface area (Å²) in [5, 5.41) is 11.5. The third-order valence-electron chi connectivity index (χ3n) is 4.08. The molecule has 1 aliphatic rings. The molecule has 3 amide bonds. The Morgan fingerprint density at radius 1 is 1.30 bits per heavy atom. The van der Waals surface area contributed by atoms with Crippen LogP contribution in [-0.2, 0) is 4.79 Å². The minimum absolute atomic E-state index is 0.0678. The van der Waals surface area contributed by atoms with Crippen molar-refractivity contribution in [2.24, 2.45) is 5.92 Å². The molecule has 3 N–H and O–H groups in total. The van der Waals surface area contributed by atoms with Crippen molar-refractivity contribution in [2.75, 3.05) is 13.1 Å². The number of urea groups is 1. The Bertz CT molecular complexity index is 526. The van der Waals surface area contributed by atoms with Gasteiger partial charge in [-0.15, -0.1) is 11.3 Å². The van der Waals surface area contributed by atoms with E-state index in [1.807, 2.05) is 19.2 Å². The fourth-order valence-electron chi connectivity index (χ4n) is 2.77. The molecule has 1 unspecified atom stereocenters. The van der Waals surface area contributed by atoms with E-state index in [4.69, 9.17) is 0 Å². The Balaban J connectivity index is 1.65. The minimum atomic E-state index is -0.222. The van der Waals surface area contributed by atoms with Crippen LogP contribution in [0.4, 0.5) is 4.79 Å². The molecule has 1 saturated carbocycles. The maximum Gasteiger partial charge on any atom is 0.315 e. The highest BCUT2D eigenvalue weighted by atomic mass is 32.1. The maximum atomic E-state index is 11.9. The van der Waals surface area contributed by atoms with Gasteiger partial charge in [0.15, 0.2) is 0 Å². The number of carbonyl (C=O) groups excluding carboxylic acids is 2. The molecule has 0 aromatic carbocycles. The Morgan fingerprint density at radius 3 is 2.61 bits per heavy atom. The SMILES string of the molecule is CCC(NC(=O)NCCNC(=O)C1CCCC1)c1nc(C)cs1. The first-order valence-corrected chi connectivity index (χ1v) is 9.22. The Morgan fingerprint density at radius 2 is 2.00 bits per heavy atom. The fourth-order valence-corrected chi connectivity index (χ4v) is 3.70. The van der Waals surface area contributed by atoms with E-state index in [-0.39, 0.29) is 23.9 Å². The molecule has 7 heteroatoms. The van der Waals surface area contributed by atoms with Crippen molar-refractivity contribution in [2.45, 2.75) is 52.0 Å². The summed E-state index contributed by atoms with van der Waals surface area (Å²) in [5.41, 5.74) is 0.972. The summed E-state index contributed by atoms with van der Waals surface area (Å²) < 4.78 is 0. The normalized spacial score (nSPS) is 16.1. The molecule has 1 aromatic heterocycles. The Labute approximate surface area is 141 Å². The Kier molecular flexibility index (Phi) is 6.83. The zero-order valence-corrected chi connectivity index (χ0v) is 14.7. The summed E-state index contributed by atoms with van der Waals surface area (Å²) in [6, 6.07) is -0.290.